The van der Waals surface area contributed by atoms with E-state index in [-0.39, 0.29) is 58.0 Å². The van der Waals surface area contributed by atoms with Gasteiger partial charge in [-0.2, -0.15) is 0 Å². The Morgan fingerprint density at radius 1 is 1.09 bits per heavy atom. The van der Waals surface area contributed by atoms with Crippen LogP contribution in [0.3, 0.4) is 0 Å². The van der Waals surface area contributed by atoms with E-state index < -0.39 is 65.1 Å². The summed E-state index contributed by atoms with van der Waals surface area (Å²) in [5, 5.41) is 56.1. The lowest BCUT2D eigenvalue weighted by Gasteiger charge is -2.50. The number of oxime groups is 1. The summed E-state index contributed by atoms with van der Waals surface area (Å²) in [4.78, 5) is 86.4. The summed E-state index contributed by atoms with van der Waals surface area (Å²) < 4.78 is 2.19. The first kappa shape index (κ1) is 39.0. The lowest BCUT2D eigenvalue weighted by atomic mass is 10.0. The second-order valence-corrected chi connectivity index (χ2v) is 15.8. The summed E-state index contributed by atoms with van der Waals surface area (Å²) >= 11 is 2.16. The Morgan fingerprint density at radius 3 is 2.38 bits per heavy atom. The Labute approximate surface area is 319 Å². The number of nitrogens with zero attached hydrogens (tertiary/aromatic N) is 5. The molecule has 2 aromatic heterocycles. The van der Waals surface area contributed by atoms with E-state index in [1.807, 2.05) is 18.4 Å². The number of anilines is 1. The molecule has 55 heavy (non-hydrogen) atoms. The largest absolute Gasteiger partial charge is 0.504 e. The van der Waals surface area contributed by atoms with Crippen LogP contribution >= 0.6 is 23.1 Å². The van der Waals surface area contributed by atoms with Crippen LogP contribution in [0.25, 0.3) is 10.9 Å². The van der Waals surface area contributed by atoms with Gasteiger partial charge in [-0.25, -0.2) is 14.6 Å². The maximum absolute atomic E-state index is 13.8. The zero-order valence-electron chi connectivity index (χ0n) is 29.5. The fourth-order valence-corrected chi connectivity index (χ4v) is 9.06. The van der Waals surface area contributed by atoms with E-state index >= 15 is 0 Å². The van der Waals surface area contributed by atoms with Gasteiger partial charge >= 0.3 is 17.9 Å². The van der Waals surface area contributed by atoms with Crippen molar-refractivity contribution in [1.82, 2.24) is 19.8 Å². The van der Waals surface area contributed by atoms with Gasteiger partial charge in [-0.15, -0.1) is 23.1 Å². The van der Waals surface area contributed by atoms with Crippen LogP contribution in [-0.4, -0.2) is 123 Å². The highest BCUT2D eigenvalue weighted by Crippen LogP contribution is 2.42. The van der Waals surface area contributed by atoms with E-state index in [2.05, 4.69) is 15.5 Å². The number of aliphatic carboxylic acids is 3. The molecular formula is C34H38N7O12S2+. The van der Waals surface area contributed by atoms with Crippen LogP contribution in [0.1, 0.15) is 50.4 Å². The quantitative estimate of drug-likeness (QED) is 0.0397. The third-order valence-corrected chi connectivity index (χ3v) is 11.7. The maximum atomic E-state index is 13.8. The number of carboxylic acid groups (broad SMARTS) is 3. The number of pyridine rings is 1. The highest BCUT2D eigenvalue weighted by atomic mass is 32.2. The van der Waals surface area contributed by atoms with Gasteiger partial charge in [0.15, 0.2) is 27.8 Å². The third-order valence-electron chi connectivity index (χ3n) is 9.73. The lowest BCUT2D eigenvalue weighted by molar-refractivity contribution is -0.925. The van der Waals surface area contributed by atoms with Crippen molar-refractivity contribution < 1.29 is 58.8 Å². The second kappa shape index (κ2) is 15.2. The van der Waals surface area contributed by atoms with Crippen LogP contribution in [-0.2, 0) is 35.4 Å². The number of β-lactam (4-membered cyclic amide) rings is 1. The predicted molar refractivity (Wildman–Crippen MR) is 197 cm³/mol. The Kier molecular flexibility index (Phi) is 10.8. The lowest BCUT2D eigenvalue weighted by Crippen LogP contribution is -2.71. The number of nitrogen functional groups attached to an aromatic ring is 1. The number of aromatic nitrogens is 2. The Hall–Kier alpha value is -5.67. The molecule has 0 radical (unpaired) electrons. The summed E-state index contributed by atoms with van der Waals surface area (Å²) in [7, 11) is 0. The minimum atomic E-state index is -1.95. The molecule has 0 unspecified atom stereocenters. The van der Waals surface area contributed by atoms with Crippen LogP contribution < -0.4 is 16.5 Å². The topological polar surface area (TPSA) is 284 Å². The maximum Gasteiger partial charge on any atom is 0.352 e. The van der Waals surface area contributed by atoms with E-state index in [0.717, 1.165) is 29.1 Å². The number of carboxylic acids is 3. The number of aromatic hydroxyl groups is 2. The molecule has 0 bridgehead atoms. The molecule has 0 spiro atoms. The number of nitrogens with one attached hydrogen (secondary N) is 1. The number of rotatable bonds is 14. The molecule has 3 aliphatic heterocycles. The monoisotopic (exact) mass is 800 g/mol. The fraction of sp³-hybridized carbons (Fsp3) is 0.412. The molecule has 19 nitrogen and oxygen atoms in total. The number of phenolic OH excluding ortho intramolecular Hbond substituents is 2. The van der Waals surface area contributed by atoms with Gasteiger partial charge in [-0.3, -0.25) is 24.1 Å². The molecule has 3 aliphatic rings. The molecule has 3 aromatic rings. The Morgan fingerprint density at radius 2 is 1.78 bits per heavy atom. The van der Waals surface area contributed by atoms with E-state index in [9.17, 15) is 49.2 Å². The van der Waals surface area contributed by atoms with Crippen molar-refractivity contribution in [2.75, 3.05) is 31.1 Å². The molecule has 292 valence electrons. The molecule has 8 N–H and O–H groups in total. The van der Waals surface area contributed by atoms with Crippen molar-refractivity contribution in [2.45, 2.75) is 63.2 Å². The molecule has 21 heteroatoms. The van der Waals surface area contributed by atoms with E-state index in [0.29, 0.717) is 34.2 Å². The molecule has 2 amide bonds. The minimum absolute atomic E-state index is 0.0255. The average molecular weight is 801 g/mol. The zero-order chi connectivity index (χ0) is 39.9. The van der Waals surface area contributed by atoms with Crippen LogP contribution in [0.2, 0.25) is 0 Å². The summed E-state index contributed by atoms with van der Waals surface area (Å²) in [5.41, 5.74) is 5.86. The van der Waals surface area contributed by atoms with Gasteiger partial charge in [-0.05, 0) is 19.9 Å². The van der Waals surface area contributed by atoms with Crippen molar-refractivity contribution >= 4 is 74.6 Å². The number of fused-ring (bicyclic) bond motifs is 2. The number of nitrogens with two attached hydrogens (primary N) is 1. The van der Waals surface area contributed by atoms with Gasteiger partial charge in [0.05, 0.1) is 36.0 Å². The zero-order valence-corrected chi connectivity index (χ0v) is 31.1. The number of quaternary nitrogens is 1. The van der Waals surface area contributed by atoms with Crippen molar-refractivity contribution in [2.24, 2.45) is 5.16 Å². The van der Waals surface area contributed by atoms with E-state index in [4.69, 9.17) is 15.7 Å². The number of carbonyl (C=O) groups is 5. The van der Waals surface area contributed by atoms with Crippen molar-refractivity contribution in [3.63, 3.8) is 0 Å². The first-order valence-corrected chi connectivity index (χ1v) is 19.0. The molecule has 3 atom stereocenters. The molecule has 1 aromatic carbocycles. The highest BCUT2D eigenvalue weighted by Gasteiger charge is 2.55. The fourth-order valence-electron chi connectivity index (χ4n) is 7.17. The normalized spacial score (nSPS) is 19.9. The minimum Gasteiger partial charge on any atom is -0.504 e. The first-order chi connectivity index (χ1) is 26.0. The number of benzene rings is 1. The summed E-state index contributed by atoms with van der Waals surface area (Å²) in [6.45, 7) is 5.59. The van der Waals surface area contributed by atoms with E-state index in [1.165, 1.54) is 29.3 Å². The number of thioether (sulfide) groups is 1. The van der Waals surface area contributed by atoms with Crippen molar-refractivity contribution in [3.05, 3.63) is 56.5 Å². The van der Waals surface area contributed by atoms with Crippen LogP contribution in [0.15, 0.2) is 44.9 Å². The molecule has 5 heterocycles. The van der Waals surface area contributed by atoms with Crippen LogP contribution in [0, 0.1) is 0 Å². The van der Waals surface area contributed by atoms with Crippen LogP contribution in [0.5, 0.6) is 11.5 Å². The third kappa shape index (κ3) is 7.67. The standard InChI is InChI=1S/C34H37N7O12S2/c1-15(2)39-10-16(28(46)18-7-21(42)22(43)8-20(18)39)11-41(5-3-4-6-41)12-17-13-54-31-26(30(48)40(31)27(17)33(51)52)37-29(47)25(19-14-55-34(35)36-19)38-53-23(32(49)50)9-24(44)45/h7-8,10,14-15,23,26,31H,3-6,9,11-13H2,1-2H3,(H7-,35,36,37,38,42,43,44,45,46,47,49,50,51,52)/p+1/t23-,26+,31+/m0/s1. The second-order valence-electron chi connectivity index (χ2n) is 13.8. The van der Waals surface area contributed by atoms with Gasteiger partial charge in [0, 0.05) is 47.9 Å². The van der Waals surface area contributed by atoms with Gasteiger partial charge in [0.1, 0.15) is 35.9 Å². The number of likely N-dealkylation sites (tertiary alicyclic amines) is 1. The number of phenols is 2. The summed E-state index contributed by atoms with van der Waals surface area (Å²) in [5.74, 6) is -6.83. The number of amides is 2. The molecular weight excluding hydrogens is 763 g/mol. The number of thiazole rings is 1. The molecule has 2 fully saturated rings. The van der Waals surface area contributed by atoms with Crippen molar-refractivity contribution in [1.29, 1.82) is 0 Å². The Balaban J connectivity index is 1.26. The van der Waals surface area contributed by atoms with Crippen LogP contribution in [0.4, 0.5) is 5.13 Å². The smallest absolute Gasteiger partial charge is 0.352 e. The summed E-state index contributed by atoms with van der Waals surface area (Å²) in [6, 6.07) is 1.27. The molecule has 2 saturated heterocycles. The summed E-state index contributed by atoms with van der Waals surface area (Å²) in [6.07, 6.45) is 0.470. The number of hydrogen-bond donors (Lipinski definition) is 7. The van der Waals surface area contributed by atoms with Gasteiger partial charge in [0.2, 0.25) is 6.10 Å². The predicted octanol–water partition coefficient (Wildman–Crippen LogP) is 1.23. The molecule has 6 rings (SSSR count). The van der Waals surface area contributed by atoms with E-state index in [1.54, 1.807) is 6.20 Å². The first-order valence-electron chi connectivity index (χ1n) is 17.1. The SMILES string of the molecule is CC(C)n1cc(C[N+]2(CC3=C(C(=O)O)N4C(=O)[C@@H](NC(=O)/C(=N\O[C@@H](CC(=O)O)C(=O)O)c5csc(N)n5)[C@H]4SC3)CCCC2)c(=O)c2cc(O)c(O)cc21. The highest BCUT2D eigenvalue weighted by molar-refractivity contribution is 8.00. The average Bonchev–Trinajstić information content (AvgIpc) is 3.76. The molecule has 0 aliphatic carbocycles. The van der Waals surface area contributed by atoms with Gasteiger partial charge in [0.25, 0.3) is 11.8 Å². The van der Waals surface area contributed by atoms with Gasteiger partial charge in [-0.1, -0.05) is 5.16 Å². The number of hydrogen-bond acceptors (Lipinski definition) is 14. The van der Waals surface area contributed by atoms with Crippen molar-refractivity contribution in [3.8, 4) is 11.5 Å². The Bertz CT molecular complexity index is 2230. The molecule has 0 saturated carbocycles. The number of carbonyl (C=O) groups excluding carboxylic acids is 2. The van der Waals surface area contributed by atoms with Gasteiger partial charge < -0.3 is 50.5 Å².